The highest BCUT2D eigenvalue weighted by atomic mass is 16.7. The van der Waals surface area contributed by atoms with E-state index >= 15 is 0 Å². The lowest BCUT2D eigenvalue weighted by atomic mass is 10.1. The van der Waals surface area contributed by atoms with Crippen LogP contribution in [0.2, 0.25) is 0 Å². The first-order chi connectivity index (χ1) is 14.1. The highest BCUT2D eigenvalue weighted by Gasteiger charge is 2.25. The Kier molecular flexibility index (Phi) is 6.02. The summed E-state index contributed by atoms with van der Waals surface area (Å²) in [6.07, 6.45) is 1.06. The van der Waals surface area contributed by atoms with Crippen LogP contribution in [-0.4, -0.2) is 54.7 Å². The molecule has 154 valence electrons. The minimum atomic E-state index is -0.182. The number of amides is 1. The van der Waals surface area contributed by atoms with E-state index in [0.29, 0.717) is 5.75 Å². The molecule has 4 rings (SSSR count). The number of aryl methyl sites for hydroxylation is 1. The average molecular weight is 396 g/mol. The van der Waals surface area contributed by atoms with Crippen molar-refractivity contribution in [3.8, 4) is 11.5 Å². The Morgan fingerprint density at radius 3 is 2.76 bits per heavy atom. The molecule has 0 aliphatic carbocycles. The number of fused-ring (bicyclic) bond motifs is 1. The fourth-order valence-corrected chi connectivity index (χ4v) is 3.95. The molecule has 1 saturated heterocycles. The summed E-state index contributed by atoms with van der Waals surface area (Å²) in [5.41, 5.74) is 3.46. The molecule has 2 aromatic carbocycles. The summed E-state index contributed by atoms with van der Waals surface area (Å²) in [6, 6.07) is 13.9. The molecule has 6 heteroatoms. The Labute approximate surface area is 172 Å². The van der Waals surface area contributed by atoms with E-state index in [9.17, 15) is 4.79 Å². The predicted molar refractivity (Wildman–Crippen MR) is 113 cm³/mol. The van der Waals surface area contributed by atoms with Crippen LogP contribution in [-0.2, 0) is 11.3 Å². The van der Waals surface area contributed by atoms with Crippen molar-refractivity contribution in [2.24, 2.45) is 0 Å². The maximum absolute atomic E-state index is 12.8. The summed E-state index contributed by atoms with van der Waals surface area (Å²) < 4.78 is 10.7. The van der Waals surface area contributed by atoms with Crippen LogP contribution in [0.25, 0.3) is 0 Å². The molecule has 2 heterocycles. The highest BCUT2D eigenvalue weighted by Crippen LogP contribution is 2.34. The van der Waals surface area contributed by atoms with E-state index in [-0.39, 0.29) is 18.7 Å². The van der Waals surface area contributed by atoms with Crippen molar-refractivity contribution in [1.29, 1.82) is 0 Å². The van der Waals surface area contributed by atoms with Crippen molar-refractivity contribution >= 4 is 11.6 Å². The summed E-state index contributed by atoms with van der Waals surface area (Å²) >= 11 is 0. The number of carbonyl (C=O) groups is 1. The molecule has 2 aliphatic rings. The number of nitrogens with zero attached hydrogens (tertiary/aromatic N) is 2. The van der Waals surface area contributed by atoms with Crippen LogP contribution in [0.1, 0.15) is 24.5 Å². The molecule has 0 saturated carbocycles. The van der Waals surface area contributed by atoms with Gasteiger partial charge >= 0.3 is 0 Å². The smallest absolute Gasteiger partial charge is 0.241 e. The lowest BCUT2D eigenvalue weighted by molar-refractivity contribution is -0.120. The van der Waals surface area contributed by atoms with Crippen LogP contribution in [0.15, 0.2) is 42.5 Å². The summed E-state index contributed by atoms with van der Waals surface area (Å²) in [5.74, 6) is 1.41. The minimum absolute atomic E-state index is 0.0104. The van der Waals surface area contributed by atoms with Crippen LogP contribution in [0.4, 0.5) is 5.69 Å². The SMILES string of the molecule is Cc1ccccc1CN1CCCN(C(C)C(=O)Nc2ccc3c(c2)OCO3)CC1. The molecule has 1 atom stereocenters. The van der Waals surface area contributed by atoms with Gasteiger partial charge in [0.15, 0.2) is 11.5 Å². The Bertz CT molecular complexity index is 870. The summed E-state index contributed by atoms with van der Waals surface area (Å²) in [7, 11) is 0. The zero-order chi connectivity index (χ0) is 20.2. The molecule has 1 unspecified atom stereocenters. The highest BCUT2D eigenvalue weighted by molar-refractivity contribution is 5.94. The van der Waals surface area contributed by atoms with Gasteiger partial charge in [-0.05, 0) is 50.1 Å². The lowest BCUT2D eigenvalue weighted by Crippen LogP contribution is -2.43. The number of rotatable bonds is 5. The van der Waals surface area contributed by atoms with Crippen molar-refractivity contribution in [2.45, 2.75) is 32.9 Å². The van der Waals surface area contributed by atoms with Crippen LogP contribution in [0, 0.1) is 6.92 Å². The molecule has 0 radical (unpaired) electrons. The molecule has 0 aromatic heterocycles. The van der Waals surface area contributed by atoms with Gasteiger partial charge in [0, 0.05) is 37.9 Å². The van der Waals surface area contributed by atoms with Crippen LogP contribution >= 0.6 is 0 Å². The fraction of sp³-hybridized carbons (Fsp3) is 0.435. The second-order valence-electron chi connectivity index (χ2n) is 7.83. The van der Waals surface area contributed by atoms with Gasteiger partial charge in [0.2, 0.25) is 12.7 Å². The van der Waals surface area contributed by atoms with E-state index in [1.165, 1.54) is 11.1 Å². The van der Waals surface area contributed by atoms with Gasteiger partial charge in [-0.3, -0.25) is 14.6 Å². The third-order valence-corrected chi connectivity index (χ3v) is 5.85. The summed E-state index contributed by atoms with van der Waals surface area (Å²) in [5, 5.41) is 3.02. The molecule has 0 spiro atoms. The van der Waals surface area contributed by atoms with Gasteiger partial charge in [-0.15, -0.1) is 0 Å². The first-order valence-electron chi connectivity index (χ1n) is 10.3. The first-order valence-corrected chi connectivity index (χ1v) is 10.3. The number of anilines is 1. The van der Waals surface area contributed by atoms with E-state index in [2.05, 4.69) is 46.3 Å². The second kappa shape index (κ2) is 8.84. The van der Waals surface area contributed by atoms with Crippen molar-refractivity contribution in [3.05, 3.63) is 53.6 Å². The van der Waals surface area contributed by atoms with E-state index in [1.807, 2.05) is 25.1 Å². The monoisotopic (exact) mass is 395 g/mol. The summed E-state index contributed by atoms with van der Waals surface area (Å²) in [4.78, 5) is 17.6. The summed E-state index contributed by atoms with van der Waals surface area (Å²) in [6.45, 7) is 9.20. The van der Waals surface area contributed by atoms with Crippen molar-refractivity contribution in [2.75, 3.05) is 38.3 Å². The molecule has 0 bridgehead atoms. The average Bonchev–Trinajstić information content (AvgIpc) is 3.06. The zero-order valence-electron chi connectivity index (χ0n) is 17.2. The number of nitrogens with one attached hydrogen (secondary N) is 1. The maximum atomic E-state index is 12.8. The quantitative estimate of drug-likeness (QED) is 0.842. The van der Waals surface area contributed by atoms with Crippen LogP contribution in [0.5, 0.6) is 11.5 Å². The largest absolute Gasteiger partial charge is 0.454 e. The molecular formula is C23H29N3O3. The maximum Gasteiger partial charge on any atom is 0.241 e. The van der Waals surface area contributed by atoms with E-state index in [1.54, 1.807) is 0 Å². The number of hydrogen-bond acceptors (Lipinski definition) is 5. The Morgan fingerprint density at radius 2 is 1.90 bits per heavy atom. The van der Waals surface area contributed by atoms with Gasteiger partial charge in [-0.2, -0.15) is 0 Å². The van der Waals surface area contributed by atoms with Crippen molar-refractivity contribution in [3.63, 3.8) is 0 Å². The molecule has 2 aliphatic heterocycles. The van der Waals surface area contributed by atoms with E-state index in [4.69, 9.17) is 9.47 Å². The molecule has 1 N–H and O–H groups in total. The molecule has 29 heavy (non-hydrogen) atoms. The Balaban J connectivity index is 1.32. The number of carbonyl (C=O) groups excluding carboxylic acids is 1. The number of ether oxygens (including phenoxy) is 2. The van der Waals surface area contributed by atoms with E-state index < -0.39 is 0 Å². The molecular weight excluding hydrogens is 366 g/mol. The number of hydrogen-bond donors (Lipinski definition) is 1. The number of benzene rings is 2. The first kappa shape index (κ1) is 19.7. The van der Waals surface area contributed by atoms with Crippen molar-refractivity contribution < 1.29 is 14.3 Å². The van der Waals surface area contributed by atoms with Gasteiger partial charge in [-0.25, -0.2) is 0 Å². The molecule has 2 aromatic rings. The standard InChI is InChI=1S/C23H29N3O3/c1-17-6-3-4-7-19(17)15-25-10-5-11-26(13-12-25)18(2)23(27)24-20-8-9-21-22(14-20)29-16-28-21/h3-4,6-9,14,18H,5,10-13,15-16H2,1-2H3,(H,24,27). The van der Waals surface area contributed by atoms with Crippen LogP contribution < -0.4 is 14.8 Å². The van der Waals surface area contributed by atoms with Gasteiger partial charge in [0.05, 0.1) is 6.04 Å². The van der Waals surface area contributed by atoms with Gasteiger partial charge in [-0.1, -0.05) is 24.3 Å². The molecule has 1 amide bonds. The molecule has 1 fully saturated rings. The topological polar surface area (TPSA) is 54.0 Å². The van der Waals surface area contributed by atoms with Crippen LogP contribution in [0.3, 0.4) is 0 Å². The lowest BCUT2D eigenvalue weighted by Gasteiger charge is -2.27. The normalized spacial score (nSPS) is 18.3. The zero-order valence-corrected chi connectivity index (χ0v) is 17.2. The van der Waals surface area contributed by atoms with E-state index in [0.717, 1.165) is 50.6 Å². The Hall–Kier alpha value is -2.57. The minimum Gasteiger partial charge on any atom is -0.454 e. The van der Waals surface area contributed by atoms with Gasteiger partial charge < -0.3 is 14.8 Å². The third kappa shape index (κ3) is 4.71. The fourth-order valence-electron chi connectivity index (χ4n) is 3.95. The Morgan fingerprint density at radius 1 is 1.07 bits per heavy atom. The van der Waals surface area contributed by atoms with Gasteiger partial charge in [0.1, 0.15) is 0 Å². The second-order valence-corrected chi connectivity index (χ2v) is 7.83. The predicted octanol–water partition coefficient (Wildman–Crippen LogP) is 3.26. The van der Waals surface area contributed by atoms with Crippen molar-refractivity contribution in [1.82, 2.24) is 9.80 Å². The molecule has 6 nitrogen and oxygen atoms in total. The van der Waals surface area contributed by atoms with Gasteiger partial charge in [0.25, 0.3) is 0 Å². The third-order valence-electron chi connectivity index (χ3n) is 5.85.